The van der Waals surface area contributed by atoms with E-state index in [-0.39, 0.29) is 17.5 Å². The van der Waals surface area contributed by atoms with Crippen LogP contribution in [-0.4, -0.2) is 12.2 Å². The molecule has 0 saturated carbocycles. The lowest BCUT2D eigenvalue weighted by Crippen LogP contribution is -2.13. The third-order valence-electron chi connectivity index (χ3n) is 2.31. The Kier molecular flexibility index (Phi) is 4.67. The first-order valence-corrected chi connectivity index (χ1v) is 5.25. The number of rotatable bonds is 5. The summed E-state index contributed by atoms with van der Waals surface area (Å²) in [6, 6.07) is 4.35. The number of ether oxygens (including phenoxy) is 1. The minimum Gasteiger partial charge on any atom is -0.488 e. The van der Waals surface area contributed by atoms with Crippen LogP contribution in [0.5, 0.6) is 5.75 Å². The fourth-order valence-corrected chi connectivity index (χ4v) is 1.38. The standard InChI is InChI=1S/C12H14FNO2/c1-3-9(4-2)16-11-7-5-6-10(13)12(11)14-8-15/h5-7,9H,3-4H2,1-2H3. The fourth-order valence-electron chi connectivity index (χ4n) is 1.38. The second-order valence-electron chi connectivity index (χ2n) is 3.35. The van der Waals surface area contributed by atoms with Crippen LogP contribution in [0.25, 0.3) is 0 Å². The van der Waals surface area contributed by atoms with Crippen LogP contribution in [0.1, 0.15) is 26.7 Å². The SMILES string of the molecule is CCC(CC)Oc1cccc(F)c1N=C=O. The molecule has 0 N–H and O–H groups in total. The van der Waals surface area contributed by atoms with E-state index in [0.29, 0.717) is 0 Å². The molecule has 0 aliphatic carbocycles. The van der Waals surface area contributed by atoms with Crippen molar-refractivity contribution in [1.82, 2.24) is 0 Å². The number of nitrogens with zero attached hydrogens (tertiary/aromatic N) is 1. The molecule has 0 bridgehead atoms. The molecule has 16 heavy (non-hydrogen) atoms. The number of aliphatic imine (C=N–C) groups is 1. The van der Waals surface area contributed by atoms with Gasteiger partial charge in [-0.15, -0.1) is 0 Å². The van der Waals surface area contributed by atoms with Crippen molar-refractivity contribution in [3.8, 4) is 5.75 Å². The van der Waals surface area contributed by atoms with Gasteiger partial charge in [-0.1, -0.05) is 19.9 Å². The normalized spacial score (nSPS) is 10.0. The van der Waals surface area contributed by atoms with E-state index in [1.54, 1.807) is 6.07 Å². The number of para-hydroxylation sites is 1. The molecule has 1 aromatic carbocycles. The lowest BCUT2D eigenvalue weighted by atomic mass is 10.2. The molecule has 0 amide bonds. The Morgan fingerprint density at radius 1 is 1.44 bits per heavy atom. The van der Waals surface area contributed by atoms with Gasteiger partial charge < -0.3 is 4.74 Å². The minimum atomic E-state index is -0.577. The lowest BCUT2D eigenvalue weighted by molar-refractivity contribution is 0.193. The Hall–Kier alpha value is -1.67. The van der Waals surface area contributed by atoms with E-state index in [0.717, 1.165) is 12.8 Å². The number of hydrogen-bond acceptors (Lipinski definition) is 3. The number of hydrogen-bond donors (Lipinski definition) is 0. The molecule has 0 heterocycles. The molecule has 0 spiro atoms. The molecule has 1 rings (SSSR count). The zero-order valence-corrected chi connectivity index (χ0v) is 9.37. The fraction of sp³-hybridized carbons (Fsp3) is 0.417. The van der Waals surface area contributed by atoms with Crippen LogP contribution >= 0.6 is 0 Å². The molecule has 0 fully saturated rings. The molecule has 0 radical (unpaired) electrons. The predicted octanol–water partition coefficient (Wildman–Crippen LogP) is 3.36. The van der Waals surface area contributed by atoms with Gasteiger partial charge in [0, 0.05) is 0 Å². The highest BCUT2D eigenvalue weighted by Gasteiger charge is 2.12. The summed E-state index contributed by atoms with van der Waals surface area (Å²) >= 11 is 0. The van der Waals surface area contributed by atoms with E-state index in [9.17, 15) is 9.18 Å². The molecule has 0 aliphatic heterocycles. The maximum Gasteiger partial charge on any atom is 0.240 e. The van der Waals surface area contributed by atoms with Gasteiger partial charge in [-0.2, -0.15) is 4.99 Å². The Labute approximate surface area is 94.0 Å². The third-order valence-corrected chi connectivity index (χ3v) is 2.31. The van der Waals surface area contributed by atoms with Gasteiger partial charge in [-0.05, 0) is 25.0 Å². The van der Waals surface area contributed by atoms with Crippen molar-refractivity contribution in [3.63, 3.8) is 0 Å². The van der Waals surface area contributed by atoms with Gasteiger partial charge in [-0.25, -0.2) is 9.18 Å². The first-order chi connectivity index (χ1) is 7.72. The van der Waals surface area contributed by atoms with Crippen molar-refractivity contribution < 1.29 is 13.9 Å². The van der Waals surface area contributed by atoms with Crippen LogP contribution in [0.15, 0.2) is 23.2 Å². The summed E-state index contributed by atoms with van der Waals surface area (Å²) < 4.78 is 18.9. The molecule has 0 aromatic heterocycles. The summed E-state index contributed by atoms with van der Waals surface area (Å²) in [5, 5.41) is 0. The van der Waals surface area contributed by atoms with Crippen molar-refractivity contribution in [2.45, 2.75) is 32.8 Å². The number of benzene rings is 1. The summed E-state index contributed by atoms with van der Waals surface area (Å²) in [5.74, 6) is -0.288. The first kappa shape index (κ1) is 12.4. The maximum atomic E-state index is 13.3. The summed E-state index contributed by atoms with van der Waals surface area (Å²) in [6.07, 6.45) is 2.97. The zero-order chi connectivity index (χ0) is 12.0. The van der Waals surface area contributed by atoms with Crippen molar-refractivity contribution >= 4 is 11.8 Å². The molecule has 3 nitrogen and oxygen atoms in total. The predicted molar refractivity (Wildman–Crippen MR) is 59.2 cm³/mol. The van der Waals surface area contributed by atoms with Crippen LogP contribution in [-0.2, 0) is 4.79 Å². The largest absolute Gasteiger partial charge is 0.488 e. The van der Waals surface area contributed by atoms with Gasteiger partial charge in [0.05, 0.1) is 6.10 Å². The lowest BCUT2D eigenvalue weighted by Gasteiger charge is -2.16. The number of carbonyl (C=O) groups excluding carboxylic acids is 1. The molecule has 86 valence electrons. The quantitative estimate of drug-likeness (QED) is 0.567. The van der Waals surface area contributed by atoms with Crippen molar-refractivity contribution in [3.05, 3.63) is 24.0 Å². The topological polar surface area (TPSA) is 38.7 Å². The van der Waals surface area contributed by atoms with Crippen LogP contribution in [0, 0.1) is 5.82 Å². The smallest absolute Gasteiger partial charge is 0.240 e. The van der Waals surface area contributed by atoms with Crippen molar-refractivity contribution in [2.75, 3.05) is 0 Å². The summed E-state index contributed by atoms with van der Waals surface area (Å²) in [4.78, 5) is 13.5. The number of isocyanates is 1. The van der Waals surface area contributed by atoms with Crippen LogP contribution < -0.4 is 4.74 Å². The highest BCUT2D eigenvalue weighted by atomic mass is 19.1. The van der Waals surface area contributed by atoms with Gasteiger partial charge in [0.15, 0.2) is 11.5 Å². The van der Waals surface area contributed by atoms with Crippen LogP contribution in [0.4, 0.5) is 10.1 Å². The highest BCUT2D eigenvalue weighted by Crippen LogP contribution is 2.31. The Balaban J connectivity index is 3.03. The molecule has 0 unspecified atom stereocenters. The van der Waals surface area contributed by atoms with Gasteiger partial charge in [0.25, 0.3) is 0 Å². The summed E-state index contributed by atoms with van der Waals surface area (Å²) in [7, 11) is 0. The van der Waals surface area contributed by atoms with Crippen molar-refractivity contribution in [2.24, 2.45) is 4.99 Å². The average Bonchev–Trinajstić information content (AvgIpc) is 2.30. The minimum absolute atomic E-state index is 0.00222. The van der Waals surface area contributed by atoms with Gasteiger partial charge in [0.1, 0.15) is 5.75 Å². The Morgan fingerprint density at radius 2 is 2.12 bits per heavy atom. The second kappa shape index (κ2) is 6.03. The molecule has 0 saturated heterocycles. The monoisotopic (exact) mass is 223 g/mol. The molecular formula is C12H14FNO2. The summed E-state index contributed by atoms with van der Waals surface area (Å²) in [6.45, 7) is 3.96. The summed E-state index contributed by atoms with van der Waals surface area (Å²) in [5.41, 5.74) is -0.0793. The Morgan fingerprint density at radius 3 is 2.69 bits per heavy atom. The van der Waals surface area contributed by atoms with E-state index in [2.05, 4.69) is 4.99 Å². The van der Waals surface area contributed by atoms with Crippen LogP contribution in [0.2, 0.25) is 0 Å². The van der Waals surface area contributed by atoms with Gasteiger partial charge in [0.2, 0.25) is 6.08 Å². The molecular weight excluding hydrogens is 209 g/mol. The molecule has 0 aliphatic rings. The molecule has 4 heteroatoms. The first-order valence-electron chi connectivity index (χ1n) is 5.25. The third kappa shape index (κ3) is 2.91. The van der Waals surface area contributed by atoms with Gasteiger partial charge >= 0.3 is 0 Å². The van der Waals surface area contributed by atoms with Gasteiger partial charge in [-0.3, -0.25) is 0 Å². The Bertz CT molecular complexity index is 396. The molecule has 1 aromatic rings. The second-order valence-corrected chi connectivity index (χ2v) is 3.35. The number of halogens is 1. The maximum absolute atomic E-state index is 13.3. The zero-order valence-electron chi connectivity index (χ0n) is 9.37. The van der Waals surface area contributed by atoms with E-state index in [4.69, 9.17) is 4.74 Å². The highest BCUT2D eigenvalue weighted by molar-refractivity contribution is 5.58. The van der Waals surface area contributed by atoms with E-state index < -0.39 is 5.82 Å². The molecule has 0 atom stereocenters. The average molecular weight is 223 g/mol. The van der Waals surface area contributed by atoms with E-state index >= 15 is 0 Å². The van der Waals surface area contributed by atoms with Crippen LogP contribution in [0.3, 0.4) is 0 Å². The van der Waals surface area contributed by atoms with Crippen molar-refractivity contribution in [1.29, 1.82) is 0 Å². The van der Waals surface area contributed by atoms with E-state index in [1.807, 2.05) is 13.8 Å². The van der Waals surface area contributed by atoms with E-state index in [1.165, 1.54) is 18.2 Å².